The molecule has 4 nitrogen and oxygen atoms in total. The Kier molecular flexibility index (Phi) is 3.46. The molecule has 0 aliphatic rings. The first-order valence-electron chi connectivity index (χ1n) is 6.29. The van der Waals surface area contributed by atoms with Gasteiger partial charge in [0.2, 0.25) is 0 Å². The van der Waals surface area contributed by atoms with Crippen LogP contribution in [-0.4, -0.2) is 20.5 Å². The molecule has 3 aromatic rings. The molecule has 2 aromatic heterocycles. The van der Waals surface area contributed by atoms with Crippen molar-refractivity contribution in [1.29, 1.82) is 0 Å². The molecular formula is C16H11ClN2O2. The fourth-order valence-electron chi connectivity index (χ4n) is 2.14. The van der Waals surface area contributed by atoms with E-state index in [-0.39, 0.29) is 0 Å². The number of halogens is 1. The van der Waals surface area contributed by atoms with Crippen LogP contribution in [0.2, 0.25) is 5.02 Å². The van der Waals surface area contributed by atoms with Gasteiger partial charge in [0, 0.05) is 22.9 Å². The van der Waals surface area contributed by atoms with Crippen LogP contribution in [0.25, 0.3) is 23.0 Å². The van der Waals surface area contributed by atoms with Crippen molar-refractivity contribution in [1.82, 2.24) is 9.38 Å². The second-order valence-corrected chi connectivity index (χ2v) is 4.89. The SMILES string of the molecule is O=C(O)C=Cc1nc(-c2ccc(Cl)cc2)n2ccccc12. The van der Waals surface area contributed by atoms with Crippen LogP contribution in [-0.2, 0) is 4.79 Å². The van der Waals surface area contributed by atoms with E-state index >= 15 is 0 Å². The van der Waals surface area contributed by atoms with Crippen LogP contribution < -0.4 is 0 Å². The number of carboxylic acid groups (broad SMARTS) is 1. The van der Waals surface area contributed by atoms with Gasteiger partial charge in [0.1, 0.15) is 5.82 Å². The lowest BCUT2D eigenvalue weighted by atomic mass is 10.2. The smallest absolute Gasteiger partial charge is 0.328 e. The maximum absolute atomic E-state index is 10.7. The van der Waals surface area contributed by atoms with E-state index in [1.54, 1.807) is 12.1 Å². The van der Waals surface area contributed by atoms with Crippen molar-refractivity contribution in [3.63, 3.8) is 0 Å². The Balaban J connectivity index is 2.19. The Morgan fingerprint density at radius 1 is 1.19 bits per heavy atom. The van der Waals surface area contributed by atoms with Gasteiger partial charge in [-0.1, -0.05) is 17.7 Å². The van der Waals surface area contributed by atoms with Gasteiger partial charge < -0.3 is 5.11 Å². The van der Waals surface area contributed by atoms with Crippen LogP contribution in [0, 0.1) is 0 Å². The summed E-state index contributed by atoms with van der Waals surface area (Å²) in [4.78, 5) is 15.2. The third-order valence-electron chi connectivity index (χ3n) is 3.06. The fourth-order valence-corrected chi connectivity index (χ4v) is 2.26. The maximum atomic E-state index is 10.7. The van der Waals surface area contributed by atoms with Crippen molar-refractivity contribution in [2.24, 2.45) is 0 Å². The molecule has 0 aliphatic heterocycles. The van der Waals surface area contributed by atoms with E-state index < -0.39 is 5.97 Å². The zero-order valence-electron chi connectivity index (χ0n) is 10.9. The highest BCUT2D eigenvalue weighted by Gasteiger charge is 2.10. The number of carboxylic acids is 1. The van der Waals surface area contributed by atoms with Crippen LogP contribution in [0.4, 0.5) is 0 Å². The normalized spacial score (nSPS) is 11.3. The molecule has 104 valence electrons. The molecule has 0 unspecified atom stereocenters. The van der Waals surface area contributed by atoms with Gasteiger partial charge in [0.05, 0.1) is 11.2 Å². The number of aliphatic carboxylic acids is 1. The van der Waals surface area contributed by atoms with E-state index in [1.807, 2.05) is 40.9 Å². The molecule has 0 fully saturated rings. The molecule has 0 saturated heterocycles. The van der Waals surface area contributed by atoms with Crippen LogP contribution in [0.5, 0.6) is 0 Å². The zero-order chi connectivity index (χ0) is 14.8. The third-order valence-corrected chi connectivity index (χ3v) is 3.32. The fraction of sp³-hybridized carbons (Fsp3) is 0. The second kappa shape index (κ2) is 5.42. The quantitative estimate of drug-likeness (QED) is 0.749. The van der Waals surface area contributed by atoms with Crippen molar-refractivity contribution in [2.75, 3.05) is 0 Å². The van der Waals surface area contributed by atoms with E-state index in [4.69, 9.17) is 16.7 Å². The number of rotatable bonds is 3. The predicted octanol–water partition coefficient (Wildman–Crippen LogP) is 3.75. The highest BCUT2D eigenvalue weighted by Crippen LogP contribution is 2.24. The molecule has 1 N–H and O–H groups in total. The number of pyridine rings is 1. The summed E-state index contributed by atoms with van der Waals surface area (Å²) in [7, 11) is 0. The van der Waals surface area contributed by atoms with Crippen molar-refractivity contribution in [2.45, 2.75) is 0 Å². The minimum absolute atomic E-state index is 0.614. The van der Waals surface area contributed by atoms with Crippen molar-refractivity contribution in [3.8, 4) is 11.4 Å². The summed E-state index contributed by atoms with van der Waals surface area (Å²) in [5.41, 5.74) is 2.37. The van der Waals surface area contributed by atoms with E-state index in [0.29, 0.717) is 10.7 Å². The Labute approximate surface area is 125 Å². The predicted molar refractivity (Wildman–Crippen MR) is 82.3 cm³/mol. The van der Waals surface area contributed by atoms with E-state index in [0.717, 1.165) is 23.0 Å². The minimum atomic E-state index is -1.000. The number of fused-ring (bicyclic) bond motifs is 1. The molecule has 0 atom stereocenters. The molecule has 5 heteroatoms. The molecule has 0 bridgehead atoms. The van der Waals surface area contributed by atoms with E-state index in [2.05, 4.69) is 4.98 Å². The van der Waals surface area contributed by atoms with Gasteiger partial charge in [-0.05, 0) is 42.5 Å². The van der Waals surface area contributed by atoms with Gasteiger partial charge in [-0.3, -0.25) is 4.40 Å². The Hall–Kier alpha value is -2.59. The largest absolute Gasteiger partial charge is 0.478 e. The number of benzene rings is 1. The Bertz CT molecular complexity index is 835. The second-order valence-electron chi connectivity index (χ2n) is 4.45. The molecular weight excluding hydrogens is 288 g/mol. The molecule has 0 saturated carbocycles. The number of hydrogen-bond donors (Lipinski definition) is 1. The summed E-state index contributed by atoms with van der Waals surface area (Å²) in [6.45, 7) is 0. The van der Waals surface area contributed by atoms with Crippen molar-refractivity contribution in [3.05, 3.63) is 65.5 Å². The highest BCUT2D eigenvalue weighted by molar-refractivity contribution is 6.30. The van der Waals surface area contributed by atoms with Crippen molar-refractivity contribution >= 4 is 29.2 Å². The Morgan fingerprint density at radius 3 is 2.67 bits per heavy atom. The molecule has 21 heavy (non-hydrogen) atoms. The first-order valence-corrected chi connectivity index (χ1v) is 6.67. The van der Waals surface area contributed by atoms with Crippen LogP contribution in [0.3, 0.4) is 0 Å². The monoisotopic (exact) mass is 298 g/mol. The molecule has 0 spiro atoms. The van der Waals surface area contributed by atoms with Gasteiger partial charge in [0.25, 0.3) is 0 Å². The van der Waals surface area contributed by atoms with E-state index in [9.17, 15) is 4.79 Å². The van der Waals surface area contributed by atoms with Crippen LogP contribution in [0.15, 0.2) is 54.7 Å². The Morgan fingerprint density at radius 2 is 1.95 bits per heavy atom. The lowest BCUT2D eigenvalue weighted by Crippen LogP contribution is -1.87. The minimum Gasteiger partial charge on any atom is -0.478 e. The number of imidazole rings is 1. The topological polar surface area (TPSA) is 54.6 Å². The zero-order valence-corrected chi connectivity index (χ0v) is 11.7. The van der Waals surface area contributed by atoms with Gasteiger partial charge in [-0.2, -0.15) is 0 Å². The number of nitrogens with zero attached hydrogens (tertiary/aromatic N) is 2. The first-order chi connectivity index (χ1) is 10.1. The molecule has 3 rings (SSSR count). The van der Waals surface area contributed by atoms with Crippen LogP contribution in [0.1, 0.15) is 5.69 Å². The summed E-state index contributed by atoms with van der Waals surface area (Å²) in [6, 6.07) is 13.1. The van der Waals surface area contributed by atoms with Crippen LogP contribution >= 0.6 is 11.6 Å². The summed E-state index contributed by atoms with van der Waals surface area (Å²) >= 11 is 5.90. The average molecular weight is 299 g/mol. The van der Waals surface area contributed by atoms with Gasteiger partial charge in [-0.25, -0.2) is 9.78 Å². The van der Waals surface area contributed by atoms with E-state index in [1.165, 1.54) is 6.08 Å². The molecule has 2 heterocycles. The molecule has 1 aromatic carbocycles. The van der Waals surface area contributed by atoms with Gasteiger partial charge in [-0.15, -0.1) is 0 Å². The van der Waals surface area contributed by atoms with Crippen molar-refractivity contribution < 1.29 is 9.90 Å². The van der Waals surface area contributed by atoms with Gasteiger partial charge in [0.15, 0.2) is 0 Å². The number of aromatic nitrogens is 2. The number of carbonyl (C=O) groups is 1. The number of hydrogen-bond acceptors (Lipinski definition) is 2. The highest BCUT2D eigenvalue weighted by atomic mass is 35.5. The average Bonchev–Trinajstić information content (AvgIpc) is 2.85. The van der Waals surface area contributed by atoms with Gasteiger partial charge >= 0.3 is 5.97 Å². The molecule has 0 amide bonds. The maximum Gasteiger partial charge on any atom is 0.328 e. The standard InChI is InChI=1S/C16H11ClN2O2/c17-12-6-4-11(5-7-12)16-18-13(8-9-15(20)21)14-3-1-2-10-19(14)16/h1-10H,(H,20,21). The first kappa shape index (κ1) is 13.4. The summed E-state index contributed by atoms with van der Waals surface area (Å²) in [5.74, 6) is -0.257. The lowest BCUT2D eigenvalue weighted by Gasteiger charge is -2.00. The summed E-state index contributed by atoms with van der Waals surface area (Å²) in [5, 5.41) is 9.42. The third kappa shape index (κ3) is 2.66. The summed E-state index contributed by atoms with van der Waals surface area (Å²) in [6.07, 6.45) is 4.47. The summed E-state index contributed by atoms with van der Waals surface area (Å²) < 4.78 is 1.92. The molecule has 0 radical (unpaired) electrons. The lowest BCUT2D eigenvalue weighted by molar-refractivity contribution is -0.131. The molecule has 0 aliphatic carbocycles.